The third-order valence-corrected chi connectivity index (χ3v) is 2.03. The molecule has 7 nitrogen and oxygen atoms in total. The van der Waals surface area contributed by atoms with E-state index >= 15 is 0 Å². The van der Waals surface area contributed by atoms with E-state index in [-0.39, 0.29) is 5.56 Å². The van der Waals surface area contributed by atoms with Crippen LogP contribution in [0.1, 0.15) is 17.3 Å². The Labute approximate surface area is 104 Å². The minimum atomic E-state index is -1.07. The van der Waals surface area contributed by atoms with E-state index in [4.69, 9.17) is 4.74 Å². The van der Waals surface area contributed by atoms with Crippen LogP contribution in [0.5, 0.6) is 0 Å². The SMILES string of the molecule is CNC(=O)NC(=O)[C@H](C)OC(=O)c1ccncc1. The van der Waals surface area contributed by atoms with Crippen LogP contribution >= 0.6 is 0 Å². The van der Waals surface area contributed by atoms with Crippen molar-refractivity contribution in [3.8, 4) is 0 Å². The molecule has 7 heteroatoms. The van der Waals surface area contributed by atoms with Gasteiger partial charge in [0.1, 0.15) is 0 Å². The van der Waals surface area contributed by atoms with E-state index in [9.17, 15) is 14.4 Å². The fourth-order valence-corrected chi connectivity index (χ4v) is 1.05. The second-order valence-corrected chi connectivity index (χ2v) is 3.35. The number of nitrogens with one attached hydrogen (secondary N) is 2. The number of pyridine rings is 1. The molecule has 0 aliphatic carbocycles. The van der Waals surface area contributed by atoms with Gasteiger partial charge in [-0.1, -0.05) is 0 Å². The van der Waals surface area contributed by atoms with Crippen LogP contribution in [0.15, 0.2) is 24.5 Å². The molecule has 0 aliphatic heterocycles. The zero-order valence-electron chi connectivity index (χ0n) is 9.97. The Morgan fingerprint density at radius 3 is 2.44 bits per heavy atom. The van der Waals surface area contributed by atoms with Gasteiger partial charge in [0, 0.05) is 19.4 Å². The average molecular weight is 251 g/mol. The van der Waals surface area contributed by atoms with Crippen LogP contribution in [0.4, 0.5) is 4.79 Å². The summed E-state index contributed by atoms with van der Waals surface area (Å²) in [5, 5.41) is 4.22. The maximum atomic E-state index is 11.6. The molecule has 96 valence electrons. The molecule has 1 heterocycles. The number of rotatable bonds is 3. The van der Waals surface area contributed by atoms with Crippen molar-refractivity contribution in [2.75, 3.05) is 7.05 Å². The number of amides is 3. The molecule has 2 N–H and O–H groups in total. The average Bonchev–Trinajstić information content (AvgIpc) is 2.39. The van der Waals surface area contributed by atoms with Crippen molar-refractivity contribution < 1.29 is 19.1 Å². The molecular weight excluding hydrogens is 238 g/mol. The minimum Gasteiger partial charge on any atom is -0.449 e. The van der Waals surface area contributed by atoms with Crippen molar-refractivity contribution in [3.05, 3.63) is 30.1 Å². The molecule has 1 atom stereocenters. The van der Waals surface area contributed by atoms with Crippen molar-refractivity contribution >= 4 is 17.9 Å². The first-order valence-electron chi connectivity index (χ1n) is 5.18. The first-order chi connectivity index (χ1) is 8.54. The first kappa shape index (κ1) is 13.6. The molecule has 3 amide bonds. The summed E-state index contributed by atoms with van der Waals surface area (Å²) in [7, 11) is 1.37. The van der Waals surface area contributed by atoms with Crippen molar-refractivity contribution in [1.82, 2.24) is 15.6 Å². The number of hydrogen-bond donors (Lipinski definition) is 2. The molecule has 18 heavy (non-hydrogen) atoms. The molecule has 0 radical (unpaired) electrons. The summed E-state index contributed by atoms with van der Waals surface area (Å²) in [6.07, 6.45) is 1.81. The number of aromatic nitrogens is 1. The van der Waals surface area contributed by atoms with Crippen molar-refractivity contribution in [2.45, 2.75) is 13.0 Å². The molecule has 1 rings (SSSR count). The molecule has 0 saturated heterocycles. The number of carbonyl (C=O) groups excluding carboxylic acids is 3. The Bertz CT molecular complexity index is 447. The van der Waals surface area contributed by atoms with E-state index in [2.05, 4.69) is 10.3 Å². The zero-order chi connectivity index (χ0) is 13.5. The van der Waals surface area contributed by atoms with Gasteiger partial charge < -0.3 is 10.1 Å². The molecular formula is C11H13N3O4. The number of carbonyl (C=O) groups is 3. The zero-order valence-corrected chi connectivity index (χ0v) is 9.97. The van der Waals surface area contributed by atoms with E-state index < -0.39 is 24.0 Å². The Hall–Kier alpha value is -2.44. The lowest BCUT2D eigenvalue weighted by Gasteiger charge is -2.12. The number of hydrogen-bond acceptors (Lipinski definition) is 5. The molecule has 0 aliphatic rings. The second-order valence-electron chi connectivity index (χ2n) is 3.35. The largest absolute Gasteiger partial charge is 0.449 e. The summed E-state index contributed by atoms with van der Waals surface area (Å²) < 4.78 is 4.88. The molecule has 1 aromatic heterocycles. The monoisotopic (exact) mass is 251 g/mol. The predicted octanol–water partition coefficient (Wildman–Crippen LogP) is 0.0825. The second kappa shape index (κ2) is 6.33. The highest BCUT2D eigenvalue weighted by atomic mass is 16.5. The van der Waals surface area contributed by atoms with Gasteiger partial charge in [0.05, 0.1) is 5.56 Å². The van der Waals surface area contributed by atoms with Crippen LogP contribution in [0.3, 0.4) is 0 Å². The lowest BCUT2D eigenvalue weighted by molar-refractivity contribution is -0.127. The van der Waals surface area contributed by atoms with E-state index in [0.29, 0.717) is 0 Å². The third-order valence-electron chi connectivity index (χ3n) is 2.03. The van der Waals surface area contributed by atoms with Gasteiger partial charge in [-0.05, 0) is 19.1 Å². The normalized spacial score (nSPS) is 11.2. The van der Waals surface area contributed by atoms with Crippen LogP contribution < -0.4 is 10.6 Å². The molecule has 0 unspecified atom stereocenters. The fraction of sp³-hybridized carbons (Fsp3) is 0.273. The Morgan fingerprint density at radius 2 is 1.89 bits per heavy atom. The van der Waals surface area contributed by atoms with E-state index in [1.165, 1.54) is 38.5 Å². The predicted molar refractivity (Wildman–Crippen MR) is 61.7 cm³/mol. The standard InChI is InChI=1S/C11H13N3O4/c1-7(9(15)14-11(17)12-2)18-10(16)8-3-5-13-6-4-8/h3-7H,1-2H3,(H2,12,14,15,17)/t7-/m0/s1. The van der Waals surface area contributed by atoms with E-state index in [1.807, 2.05) is 5.32 Å². The maximum Gasteiger partial charge on any atom is 0.339 e. The molecule has 0 spiro atoms. The molecule has 0 bridgehead atoms. The maximum absolute atomic E-state index is 11.6. The highest BCUT2D eigenvalue weighted by Gasteiger charge is 2.20. The van der Waals surface area contributed by atoms with Gasteiger partial charge in [-0.15, -0.1) is 0 Å². The summed E-state index contributed by atoms with van der Waals surface area (Å²) in [4.78, 5) is 37.6. The fourth-order valence-electron chi connectivity index (χ4n) is 1.05. The Balaban J connectivity index is 2.55. The number of ether oxygens (including phenoxy) is 1. The Kier molecular flexibility index (Phi) is 4.79. The summed E-state index contributed by atoms with van der Waals surface area (Å²) in [6, 6.07) is 2.27. The number of imide groups is 1. The summed E-state index contributed by atoms with van der Waals surface area (Å²) in [5.74, 6) is -1.35. The van der Waals surface area contributed by atoms with Gasteiger partial charge in [0.2, 0.25) is 0 Å². The van der Waals surface area contributed by atoms with E-state index in [0.717, 1.165) is 0 Å². The number of esters is 1. The van der Waals surface area contributed by atoms with Gasteiger partial charge in [0.15, 0.2) is 6.10 Å². The van der Waals surface area contributed by atoms with Crippen LogP contribution in [0.25, 0.3) is 0 Å². The van der Waals surface area contributed by atoms with Crippen molar-refractivity contribution in [3.63, 3.8) is 0 Å². The smallest absolute Gasteiger partial charge is 0.339 e. The summed E-state index contributed by atoms with van der Waals surface area (Å²) in [5.41, 5.74) is 0.282. The highest BCUT2D eigenvalue weighted by Crippen LogP contribution is 2.02. The Morgan fingerprint density at radius 1 is 1.28 bits per heavy atom. The van der Waals surface area contributed by atoms with Crippen molar-refractivity contribution in [2.24, 2.45) is 0 Å². The van der Waals surface area contributed by atoms with Crippen LogP contribution in [-0.2, 0) is 9.53 Å². The molecule has 0 aromatic carbocycles. The highest BCUT2D eigenvalue weighted by molar-refractivity contribution is 5.98. The summed E-state index contributed by atoms with van der Waals surface area (Å²) in [6.45, 7) is 1.37. The molecule has 0 fully saturated rings. The number of urea groups is 1. The lowest BCUT2D eigenvalue weighted by Crippen LogP contribution is -2.43. The topological polar surface area (TPSA) is 97.4 Å². The summed E-state index contributed by atoms with van der Waals surface area (Å²) >= 11 is 0. The van der Waals surface area contributed by atoms with Gasteiger partial charge in [0.25, 0.3) is 5.91 Å². The van der Waals surface area contributed by atoms with Gasteiger partial charge in [-0.2, -0.15) is 0 Å². The first-order valence-corrected chi connectivity index (χ1v) is 5.18. The molecule has 1 aromatic rings. The van der Waals surface area contributed by atoms with Crippen LogP contribution in [0, 0.1) is 0 Å². The third kappa shape index (κ3) is 3.85. The van der Waals surface area contributed by atoms with Gasteiger partial charge in [-0.25, -0.2) is 9.59 Å². The number of nitrogens with zero attached hydrogens (tertiary/aromatic N) is 1. The van der Waals surface area contributed by atoms with Crippen LogP contribution in [0.2, 0.25) is 0 Å². The quantitative estimate of drug-likeness (QED) is 0.741. The minimum absolute atomic E-state index is 0.282. The van der Waals surface area contributed by atoms with Gasteiger partial charge >= 0.3 is 12.0 Å². The van der Waals surface area contributed by atoms with Gasteiger partial charge in [-0.3, -0.25) is 15.1 Å². The molecule has 0 saturated carbocycles. The van der Waals surface area contributed by atoms with Crippen molar-refractivity contribution in [1.29, 1.82) is 0 Å². The van der Waals surface area contributed by atoms with E-state index in [1.54, 1.807) is 0 Å². The van der Waals surface area contributed by atoms with Crippen LogP contribution in [-0.4, -0.2) is 36.0 Å². The lowest BCUT2D eigenvalue weighted by atomic mass is 10.3.